The number of carbonyl (C=O) groups excluding carboxylic acids is 4. The molecule has 2 aromatic carbocycles. The molecule has 4 unspecified atom stereocenters. The molecule has 0 aromatic heterocycles. The Balaban J connectivity index is 2.08. The highest BCUT2D eigenvalue weighted by Crippen LogP contribution is 2.36. The lowest BCUT2D eigenvalue weighted by atomic mass is 9.86. The SMILES string of the molecule is CCC(C)C(NC(=O)OC(C)(C)C)C(=O)N(C1CCC1)C(C(=O)NC(Cc1ccccc1)C(=O)OC(C)(C)C)c1ccccc1C. The molecule has 0 saturated heterocycles. The van der Waals surface area contributed by atoms with Crippen LogP contribution in [-0.2, 0) is 30.3 Å². The van der Waals surface area contributed by atoms with Crippen molar-refractivity contribution >= 4 is 23.9 Å². The molecular formula is C37H53N3O6. The number of carbonyl (C=O) groups is 4. The molecule has 0 heterocycles. The lowest BCUT2D eigenvalue weighted by molar-refractivity contribution is -0.159. The maximum atomic E-state index is 14.7. The lowest BCUT2D eigenvalue weighted by Crippen LogP contribution is -2.60. The number of nitrogens with zero attached hydrogens (tertiary/aromatic N) is 1. The van der Waals surface area contributed by atoms with Crippen LogP contribution in [0, 0.1) is 12.8 Å². The van der Waals surface area contributed by atoms with Gasteiger partial charge in [0.1, 0.15) is 29.3 Å². The van der Waals surface area contributed by atoms with Crippen molar-refractivity contribution in [3.8, 4) is 0 Å². The number of esters is 1. The largest absolute Gasteiger partial charge is 0.458 e. The Morgan fingerprint density at radius 3 is 1.98 bits per heavy atom. The molecule has 0 aliphatic heterocycles. The van der Waals surface area contributed by atoms with Crippen LogP contribution in [0.3, 0.4) is 0 Å². The highest BCUT2D eigenvalue weighted by atomic mass is 16.6. The molecule has 0 bridgehead atoms. The van der Waals surface area contributed by atoms with E-state index in [4.69, 9.17) is 9.47 Å². The Bertz CT molecular complexity index is 1340. The van der Waals surface area contributed by atoms with E-state index in [1.54, 1.807) is 46.4 Å². The number of aryl methyl sites for hydroxylation is 1. The molecule has 2 N–H and O–H groups in total. The first kappa shape index (κ1) is 36.6. The standard InChI is InChI=1S/C37H53N3O6/c1-10-24(2)30(39-35(44)46-37(7,8)9)33(42)40(27-20-16-21-27)31(28-22-15-14-17-25(28)3)32(41)38-29(34(43)45-36(4,5)6)23-26-18-12-11-13-19-26/h11-15,17-19,22,24,27,29-31H,10,16,20-21,23H2,1-9H3,(H,38,41)(H,39,44). The fraction of sp³-hybridized carbons (Fsp3) is 0.568. The fourth-order valence-corrected chi connectivity index (χ4v) is 5.44. The van der Waals surface area contributed by atoms with Crippen molar-refractivity contribution in [3.05, 3.63) is 71.3 Å². The second-order valence-electron chi connectivity index (χ2n) is 14.4. The smallest absolute Gasteiger partial charge is 0.408 e. The summed E-state index contributed by atoms with van der Waals surface area (Å²) in [7, 11) is 0. The van der Waals surface area contributed by atoms with Gasteiger partial charge in [0.15, 0.2) is 0 Å². The highest BCUT2D eigenvalue weighted by molar-refractivity contribution is 5.94. The van der Waals surface area contributed by atoms with Gasteiger partial charge in [0, 0.05) is 12.5 Å². The van der Waals surface area contributed by atoms with Crippen LogP contribution >= 0.6 is 0 Å². The molecule has 252 valence electrons. The third-order valence-electron chi connectivity index (χ3n) is 8.17. The van der Waals surface area contributed by atoms with Gasteiger partial charge in [-0.15, -0.1) is 0 Å². The molecule has 1 aliphatic rings. The van der Waals surface area contributed by atoms with E-state index in [-0.39, 0.29) is 24.3 Å². The molecule has 3 amide bonds. The molecule has 9 heteroatoms. The number of benzene rings is 2. The van der Waals surface area contributed by atoms with Crippen molar-refractivity contribution in [1.82, 2.24) is 15.5 Å². The van der Waals surface area contributed by atoms with Crippen LogP contribution < -0.4 is 10.6 Å². The van der Waals surface area contributed by atoms with Crippen LogP contribution in [0.15, 0.2) is 54.6 Å². The van der Waals surface area contributed by atoms with Crippen LogP contribution in [0.4, 0.5) is 4.79 Å². The third kappa shape index (κ3) is 10.3. The molecule has 2 aromatic rings. The van der Waals surface area contributed by atoms with E-state index >= 15 is 0 Å². The molecule has 1 fully saturated rings. The van der Waals surface area contributed by atoms with E-state index in [0.717, 1.165) is 30.4 Å². The van der Waals surface area contributed by atoms with Crippen LogP contribution in [0.1, 0.15) is 104 Å². The van der Waals surface area contributed by atoms with Crippen molar-refractivity contribution in [2.45, 2.75) is 130 Å². The number of nitrogens with one attached hydrogen (secondary N) is 2. The summed E-state index contributed by atoms with van der Waals surface area (Å²) in [5.74, 6) is -1.64. The summed E-state index contributed by atoms with van der Waals surface area (Å²) in [4.78, 5) is 57.4. The van der Waals surface area contributed by atoms with Crippen LogP contribution in [-0.4, -0.2) is 58.1 Å². The van der Waals surface area contributed by atoms with E-state index in [2.05, 4.69) is 10.6 Å². The molecule has 3 rings (SSSR count). The fourth-order valence-electron chi connectivity index (χ4n) is 5.44. The van der Waals surface area contributed by atoms with Gasteiger partial charge in [0.25, 0.3) is 0 Å². The van der Waals surface area contributed by atoms with E-state index in [1.807, 2.05) is 75.4 Å². The topological polar surface area (TPSA) is 114 Å². The minimum Gasteiger partial charge on any atom is -0.458 e. The summed E-state index contributed by atoms with van der Waals surface area (Å²) in [6.45, 7) is 16.4. The summed E-state index contributed by atoms with van der Waals surface area (Å²) < 4.78 is 11.3. The zero-order valence-electron chi connectivity index (χ0n) is 29.0. The molecule has 0 radical (unpaired) electrons. The predicted molar refractivity (Wildman–Crippen MR) is 179 cm³/mol. The summed E-state index contributed by atoms with van der Waals surface area (Å²) >= 11 is 0. The highest BCUT2D eigenvalue weighted by Gasteiger charge is 2.44. The summed E-state index contributed by atoms with van der Waals surface area (Å²) in [5.41, 5.74) is 0.827. The molecule has 46 heavy (non-hydrogen) atoms. The number of ether oxygens (including phenoxy) is 2. The number of amides is 3. The summed E-state index contributed by atoms with van der Waals surface area (Å²) in [6.07, 6.45) is 2.50. The first-order valence-corrected chi connectivity index (χ1v) is 16.4. The van der Waals surface area contributed by atoms with E-state index in [0.29, 0.717) is 12.0 Å². The van der Waals surface area contributed by atoms with Crippen molar-refractivity contribution < 1.29 is 28.7 Å². The summed E-state index contributed by atoms with van der Waals surface area (Å²) in [6, 6.07) is 13.7. The average molecular weight is 636 g/mol. The maximum absolute atomic E-state index is 14.7. The Kier molecular flexibility index (Phi) is 12.4. The van der Waals surface area contributed by atoms with Crippen molar-refractivity contribution in [1.29, 1.82) is 0 Å². The molecule has 1 saturated carbocycles. The second-order valence-corrected chi connectivity index (χ2v) is 14.4. The number of hydrogen-bond donors (Lipinski definition) is 2. The monoisotopic (exact) mass is 635 g/mol. The third-order valence-corrected chi connectivity index (χ3v) is 8.17. The van der Waals surface area contributed by atoms with Gasteiger partial charge in [0.2, 0.25) is 11.8 Å². The Morgan fingerprint density at radius 1 is 0.870 bits per heavy atom. The van der Waals surface area contributed by atoms with Crippen LogP contribution in [0.2, 0.25) is 0 Å². The van der Waals surface area contributed by atoms with Gasteiger partial charge in [0.05, 0.1) is 0 Å². The number of hydrogen-bond acceptors (Lipinski definition) is 6. The summed E-state index contributed by atoms with van der Waals surface area (Å²) in [5, 5.41) is 5.81. The molecule has 1 aliphatic carbocycles. The van der Waals surface area contributed by atoms with Gasteiger partial charge in [-0.2, -0.15) is 0 Å². The Morgan fingerprint density at radius 2 is 1.46 bits per heavy atom. The maximum Gasteiger partial charge on any atom is 0.408 e. The quantitative estimate of drug-likeness (QED) is 0.260. The number of rotatable bonds is 12. The van der Waals surface area contributed by atoms with Gasteiger partial charge in [-0.1, -0.05) is 74.9 Å². The van der Waals surface area contributed by atoms with E-state index < -0.39 is 47.3 Å². The number of alkyl carbamates (subject to hydrolysis) is 1. The molecule has 9 nitrogen and oxygen atoms in total. The minimum atomic E-state index is -1.05. The second kappa shape index (κ2) is 15.6. The molecule has 4 atom stereocenters. The molecular weight excluding hydrogens is 582 g/mol. The van der Waals surface area contributed by atoms with Gasteiger partial charge in [-0.25, -0.2) is 9.59 Å². The van der Waals surface area contributed by atoms with Crippen molar-refractivity contribution in [3.63, 3.8) is 0 Å². The van der Waals surface area contributed by atoms with Crippen molar-refractivity contribution in [2.75, 3.05) is 0 Å². The van der Waals surface area contributed by atoms with Crippen LogP contribution in [0.5, 0.6) is 0 Å². The van der Waals surface area contributed by atoms with Gasteiger partial charge >= 0.3 is 12.1 Å². The van der Waals surface area contributed by atoms with E-state index in [9.17, 15) is 19.2 Å². The van der Waals surface area contributed by atoms with Gasteiger partial charge < -0.3 is 25.0 Å². The Hall–Kier alpha value is -3.88. The first-order valence-electron chi connectivity index (χ1n) is 16.4. The van der Waals surface area contributed by atoms with Gasteiger partial charge in [-0.3, -0.25) is 9.59 Å². The van der Waals surface area contributed by atoms with Gasteiger partial charge in [-0.05, 0) is 90.3 Å². The lowest BCUT2D eigenvalue weighted by Gasteiger charge is -2.44. The van der Waals surface area contributed by atoms with Crippen molar-refractivity contribution in [2.24, 2.45) is 5.92 Å². The normalized spacial score (nSPS) is 16.2. The molecule has 0 spiro atoms. The minimum absolute atomic E-state index is 0.217. The van der Waals surface area contributed by atoms with Crippen LogP contribution in [0.25, 0.3) is 0 Å². The first-order chi connectivity index (χ1) is 21.5. The average Bonchev–Trinajstić information content (AvgIpc) is 2.93. The zero-order chi connectivity index (χ0) is 34.2. The Labute approximate surface area is 274 Å². The predicted octanol–water partition coefficient (Wildman–Crippen LogP) is 6.43. The van der Waals surface area contributed by atoms with E-state index in [1.165, 1.54) is 0 Å². The zero-order valence-corrected chi connectivity index (χ0v) is 29.0.